The molecular formula is C21H32N4O2. The van der Waals surface area contributed by atoms with E-state index in [1.807, 2.05) is 12.1 Å². The van der Waals surface area contributed by atoms with E-state index in [9.17, 15) is 0 Å². The van der Waals surface area contributed by atoms with E-state index in [1.54, 1.807) is 13.3 Å². The minimum Gasteiger partial charge on any atom is -0.444 e. The van der Waals surface area contributed by atoms with Gasteiger partial charge >= 0.3 is 0 Å². The van der Waals surface area contributed by atoms with Gasteiger partial charge in [-0.2, -0.15) is 0 Å². The Morgan fingerprint density at radius 3 is 2.59 bits per heavy atom. The lowest BCUT2D eigenvalue weighted by atomic mass is 10.1. The summed E-state index contributed by atoms with van der Waals surface area (Å²) < 4.78 is 11.2. The molecule has 2 aromatic rings. The first-order valence-electron chi connectivity index (χ1n) is 9.76. The normalized spacial score (nSPS) is 11.6. The van der Waals surface area contributed by atoms with Crippen molar-refractivity contribution in [3.8, 4) is 11.5 Å². The van der Waals surface area contributed by atoms with Crippen LogP contribution in [0.1, 0.15) is 37.4 Å². The minimum atomic E-state index is 0.663. The summed E-state index contributed by atoms with van der Waals surface area (Å²) in [7, 11) is 1.78. The fourth-order valence-corrected chi connectivity index (χ4v) is 2.51. The predicted molar refractivity (Wildman–Crippen MR) is 110 cm³/mol. The number of aromatic nitrogens is 1. The molecule has 27 heavy (non-hydrogen) atoms. The Morgan fingerprint density at radius 2 is 1.85 bits per heavy atom. The third kappa shape index (κ3) is 7.83. The quantitative estimate of drug-likeness (QED) is 0.358. The number of nitrogens with one attached hydrogen (secondary N) is 2. The number of benzene rings is 1. The number of ether oxygens (including phenoxy) is 1. The Bertz CT molecular complexity index is 680. The molecule has 0 saturated carbocycles. The second-order valence-corrected chi connectivity index (χ2v) is 6.51. The number of nitrogens with zero attached hydrogens (tertiary/aromatic N) is 2. The van der Waals surface area contributed by atoms with E-state index in [0.717, 1.165) is 62.8 Å². The van der Waals surface area contributed by atoms with Crippen LogP contribution in [0.3, 0.4) is 0 Å². The lowest BCUT2D eigenvalue weighted by Gasteiger charge is -2.11. The summed E-state index contributed by atoms with van der Waals surface area (Å²) in [6.07, 6.45) is 5.77. The number of rotatable bonds is 11. The Hall–Kier alpha value is -2.34. The highest BCUT2D eigenvalue weighted by atomic mass is 16.5. The van der Waals surface area contributed by atoms with Gasteiger partial charge in [0.05, 0.1) is 5.69 Å². The highest BCUT2D eigenvalue weighted by molar-refractivity contribution is 5.79. The second-order valence-electron chi connectivity index (χ2n) is 6.51. The zero-order valence-corrected chi connectivity index (χ0v) is 16.8. The van der Waals surface area contributed by atoms with Gasteiger partial charge in [0, 0.05) is 45.3 Å². The third-order valence-electron chi connectivity index (χ3n) is 4.15. The fraction of sp³-hybridized carbons (Fsp3) is 0.524. The maximum atomic E-state index is 5.60. The molecule has 0 bridgehead atoms. The summed E-state index contributed by atoms with van der Waals surface area (Å²) in [5.41, 5.74) is 3.15. The SMILES string of the molecule is CCCCOCCCNC(=NC)NCCc1coc(-c2ccc(C)cc2)n1. The van der Waals surface area contributed by atoms with Crippen LogP contribution in [0.2, 0.25) is 0 Å². The first kappa shape index (κ1) is 21.0. The molecule has 0 spiro atoms. The standard InChI is InChI=1S/C21H32N4O2/c1-4-5-14-26-15-6-12-23-21(22-3)24-13-11-19-16-27-20(25-19)18-9-7-17(2)8-10-18/h7-10,16H,4-6,11-15H2,1-3H3,(H2,22,23,24). The van der Waals surface area contributed by atoms with Crippen molar-refractivity contribution in [1.82, 2.24) is 15.6 Å². The monoisotopic (exact) mass is 372 g/mol. The Kier molecular flexibility index (Phi) is 9.41. The number of aryl methyl sites for hydroxylation is 1. The lowest BCUT2D eigenvalue weighted by Crippen LogP contribution is -2.39. The van der Waals surface area contributed by atoms with Crippen molar-refractivity contribution >= 4 is 5.96 Å². The number of aliphatic imine (C=N–C) groups is 1. The number of hydrogen-bond donors (Lipinski definition) is 2. The molecule has 148 valence electrons. The van der Waals surface area contributed by atoms with Crippen molar-refractivity contribution in [2.24, 2.45) is 4.99 Å². The average molecular weight is 373 g/mol. The molecule has 6 nitrogen and oxygen atoms in total. The Labute approximate surface area is 162 Å². The zero-order valence-electron chi connectivity index (χ0n) is 16.8. The Balaban J connectivity index is 1.65. The van der Waals surface area contributed by atoms with E-state index in [1.165, 1.54) is 12.0 Å². The van der Waals surface area contributed by atoms with E-state index in [4.69, 9.17) is 9.15 Å². The van der Waals surface area contributed by atoms with Crippen LogP contribution in [0.25, 0.3) is 11.5 Å². The summed E-state index contributed by atoms with van der Waals surface area (Å²) in [5.74, 6) is 1.46. The summed E-state index contributed by atoms with van der Waals surface area (Å²) in [5, 5.41) is 6.60. The van der Waals surface area contributed by atoms with E-state index in [2.05, 4.69) is 46.6 Å². The van der Waals surface area contributed by atoms with E-state index < -0.39 is 0 Å². The molecule has 0 unspecified atom stereocenters. The van der Waals surface area contributed by atoms with Crippen molar-refractivity contribution in [2.45, 2.75) is 39.5 Å². The van der Waals surface area contributed by atoms with E-state index in [-0.39, 0.29) is 0 Å². The molecule has 1 aromatic carbocycles. The highest BCUT2D eigenvalue weighted by Gasteiger charge is 2.06. The lowest BCUT2D eigenvalue weighted by molar-refractivity contribution is 0.129. The number of unbranched alkanes of at least 4 members (excludes halogenated alkanes) is 1. The molecule has 0 saturated heterocycles. The Morgan fingerprint density at radius 1 is 1.11 bits per heavy atom. The van der Waals surface area contributed by atoms with Crippen molar-refractivity contribution in [2.75, 3.05) is 33.4 Å². The summed E-state index contributed by atoms with van der Waals surface area (Å²) in [6, 6.07) is 8.18. The summed E-state index contributed by atoms with van der Waals surface area (Å²) >= 11 is 0. The number of hydrogen-bond acceptors (Lipinski definition) is 4. The molecule has 0 aliphatic rings. The van der Waals surface area contributed by atoms with Gasteiger partial charge in [0.1, 0.15) is 6.26 Å². The maximum absolute atomic E-state index is 5.60. The second kappa shape index (κ2) is 12.1. The maximum Gasteiger partial charge on any atom is 0.226 e. The number of guanidine groups is 1. The van der Waals surface area contributed by atoms with Crippen LogP contribution in [0.5, 0.6) is 0 Å². The third-order valence-corrected chi connectivity index (χ3v) is 4.15. The van der Waals surface area contributed by atoms with Crippen molar-refractivity contribution < 1.29 is 9.15 Å². The molecule has 0 aliphatic heterocycles. The molecule has 0 aliphatic carbocycles. The molecule has 0 fully saturated rings. The van der Waals surface area contributed by atoms with Gasteiger partial charge in [-0.05, 0) is 31.9 Å². The molecule has 6 heteroatoms. The topological polar surface area (TPSA) is 71.7 Å². The average Bonchev–Trinajstić information content (AvgIpc) is 3.15. The summed E-state index contributed by atoms with van der Waals surface area (Å²) in [4.78, 5) is 8.80. The van der Waals surface area contributed by atoms with Crippen LogP contribution in [-0.4, -0.2) is 44.3 Å². The molecule has 2 N–H and O–H groups in total. The van der Waals surface area contributed by atoms with Gasteiger partial charge in [0.25, 0.3) is 0 Å². The molecule has 1 heterocycles. The predicted octanol–water partition coefficient (Wildman–Crippen LogP) is 3.56. The van der Waals surface area contributed by atoms with Gasteiger partial charge in [0.15, 0.2) is 5.96 Å². The van der Waals surface area contributed by atoms with Gasteiger partial charge < -0.3 is 19.8 Å². The van der Waals surface area contributed by atoms with E-state index in [0.29, 0.717) is 5.89 Å². The first-order chi connectivity index (χ1) is 13.2. The van der Waals surface area contributed by atoms with Crippen LogP contribution in [0, 0.1) is 6.92 Å². The van der Waals surface area contributed by atoms with Crippen LogP contribution < -0.4 is 10.6 Å². The fourth-order valence-electron chi connectivity index (χ4n) is 2.51. The summed E-state index contributed by atoms with van der Waals surface area (Å²) in [6.45, 7) is 7.45. The molecular weight excluding hydrogens is 340 g/mol. The van der Waals surface area contributed by atoms with E-state index >= 15 is 0 Å². The smallest absolute Gasteiger partial charge is 0.226 e. The van der Waals surface area contributed by atoms with Gasteiger partial charge in [-0.25, -0.2) is 4.98 Å². The molecule has 0 atom stereocenters. The van der Waals surface area contributed by atoms with Crippen LogP contribution >= 0.6 is 0 Å². The molecule has 0 amide bonds. The van der Waals surface area contributed by atoms with Crippen LogP contribution in [0.15, 0.2) is 39.9 Å². The number of oxazole rings is 1. The largest absolute Gasteiger partial charge is 0.444 e. The van der Waals surface area contributed by atoms with Crippen LogP contribution in [-0.2, 0) is 11.2 Å². The first-order valence-corrected chi connectivity index (χ1v) is 9.76. The highest BCUT2D eigenvalue weighted by Crippen LogP contribution is 2.19. The minimum absolute atomic E-state index is 0.663. The zero-order chi connectivity index (χ0) is 19.3. The van der Waals surface area contributed by atoms with Gasteiger partial charge in [0.2, 0.25) is 5.89 Å². The molecule has 2 rings (SSSR count). The van der Waals surface area contributed by atoms with Crippen molar-refractivity contribution in [1.29, 1.82) is 0 Å². The van der Waals surface area contributed by atoms with Gasteiger partial charge in [-0.3, -0.25) is 4.99 Å². The van der Waals surface area contributed by atoms with Crippen molar-refractivity contribution in [3.05, 3.63) is 41.8 Å². The molecule has 0 radical (unpaired) electrons. The molecule has 1 aromatic heterocycles. The van der Waals surface area contributed by atoms with Gasteiger partial charge in [-0.1, -0.05) is 31.0 Å². The van der Waals surface area contributed by atoms with Gasteiger partial charge in [-0.15, -0.1) is 0 Å². The van der Waals surface area contributed by atoms with Crippen LogP contribution in [0.4, 0.5) is 0 Å². The van der Waals surface area contributed by atoms with Crippen molar-refractivity contribution in [3.63, 3.8) is 0 Å².